The molecule has 1 fully saturated rings. The van der Waals surface area contributed by atoms with Crippen molar-refractivity contribution in [2.45, 2.75) is 64.7 Å². The molecular weight excluding hydrogens is 294 g/mol. The Hall–Kier alpha value is -0.950. The van der Waals surface area contributed by atoms with Gasteiger partial charge in [0.2, 0.25) is 0 Å². The number of ether oxygens (including phenoxy) is 1. The topological polar surface area (TPSA) is 61.8 Å². The van der Waals surface area contributed by atoms with Crippen LogP contribution in [0.4, 0.5) is 13.6 Å². The van der Waals surface area contributed by atoms with Crippen LogP contribution in [0.5, 0.6) is 0 Å². The Morgan fingerprint density at radius 3 is 2.64 bits per heavy atom. The third kappa shape index (κ3) is 6.44. The van der Waals surface area contributed by atoms with E-state index in [4.69, 9.17) is 9.84 Å². The van der Waals surface area contributed by atoms with Gasteiger partial charge in [-0.25, -0.2) is 13.6 Å². The highest BCUT2D eigenvalue weighted by molar-refractivity contribution is 5.68. The molecular formula is C15H28F2N2O3. The molecule has 0 spiro atoms. The first-order valence-corrected chi connectivity index (χ1v) is 7.77. The van der Waals surface area contributed by atoms with Crippen molar-refractivity contribution < 1.29 is 23.4 Å². The molecule has 130 valence electrons. The van der Waals surface area contributed by atoms with Gasteiger partial charge in [0.05, 0.1) is 0 Å². The van der Waals surface area contributed by atoms with Gasteiger partial charge in [-0.3, -0.25) is 0 Å². The van der Waals surface area contributed by atoms with E-state index in [1.54, 1.807) is 4.90 Å². The number of carbonyl (C=O) groups is 1. The number of hydrogen-bond acceptors (Lipinski definition) is 4. The molecule has 7 heteroatoms. The second-order valence-corrected chi connectivity index (χ2v) is 6.93. The molecule has 3 atom stereocenters. The maximum atomic E-state index is 12.3. The molecule has 1 aliphatic rings. The van der Waals surface area contributed by atoms with Gasteiger partial charge in [0.1, 0.15) is 11.7 Å². The number of aliphatic hydroxyl groups is 1. The summed E-state index contributed by atoms with van der Waals surface area (Å²) in [5.41, 5.74) is -0.532. The van der Waals surface area contributed by atoms with Crippen molar-refractivity contribution in [3.63, 3.8) is 0 Å². The summed E-state index contributed by atoms with van der Waals surface area (Å²) in [4.78, 5) is 13.7. The maximum absolute atomic E-state index is 12.3. The van der Waals surface area contributed by atoms with Crippen LogP contribution < -0.4 is 5.32 Å². The summed E-state index contributed by atoms with van der Waals surface area (Å²) in [5, 5.41) is 12.1. The molecule has 0 radical (unpaired) electrons. The maximum Gasteiger partial charge on any atom is 0.410 e. The SMILES string of the molecule is CC(NCC(O)C(F)F)C1CCCN(C(=O)OC(C)(C)C)C1. The number of halogens is 2. The lowest BCUT2D eigenvalue weighted by Crippen LogP contribution is -2.49. The van der Waals surface area contributed by atoms with Crippen LogP contribution in [0.15, 0.2) is 0 Å². The fraction of sp³-hybridized carbons (Fsp3) is 0.933. The fourth-order valence-corrected chi connectivity index (χ4v) is 2.47. The van der Waals surface area contributed by atoms with Crippen molar-refractivity contribution in [1.82, 2.24) is 10.2 Å². The number of piperidine rings is 1. The molecule has 3 unspecified atom stereocenters. The van der Waals surface area contributed by atoms with E-state index in [1.807, 2.05) is 27.7 Å². The molecule has 0 aromatic carbocycles. The van der Waals surface area contributed by atoms with Gasteiger partial charge in [-0.15, -0.1) is 0 Å². The van der Waals surface area contributed by atoms with Crippen LogP contribution in [0.25, 0.3) is 0 Å². The van der Waals surface area contributed by atoms with E-state index in [9.17, 15) is 13.6 Å². The highest BCUT2D eigenvalue weighted by Gasteiger charge is 2.30. The highest BCUT2D eigenvalue weighted by atomic mass is 19.3. The molecule has 0 bridgehead atoms. The van der Waals surface area contributed by atoms with E-state index >= 15 is 0 Å². The number of carbonyl (C=O) groups excluding carboxylic acids is 1. The molecule has 1 amide bonds. The number of hydrogen-bond donors (Lipinski definition) is 2. The molecule has 1 saturated heterocycles. The van der Waals surface area contributed by atoms with Gasteiger partial charge in [0.15, 0.2) is 0 Å². The molecule has 0 aromatic heterocycles. The van der Waals surface area contributed by atoms with Gasteiger partial charge in [0.25, 0.3) is 6.43 Å². The minimum absolute atomic E-state index is 0.0568. The Bertz CT molecular complexity index is 361. The van der Waals surface area contributed by atoms with Crippen molar-refractivity contribution in [2.75, 3.05) is 19.6 Å². The van der Waals surface area contributed by atoms with Crippen LogP contribution in [0.3, 0.4) is 0 Å². The first-order chi connectivity index (χ1) is 10.1. The summed E-state index contributed by atoms with van der Waals surface area (Å²) in [5.74, 6) is 0.158. The Morgan fingerprint density at radius 2 is 2.09 bits per heavy atom. The highest BCUT2D eigenvalue weighted by Crippen LogP contribution is 2.22. The van der Waals surface area contributed by atoms with Gasteiger partial charge in [-0.05, 0) is 46.5 Å². The number of likely N-dealkylation sites (tertiary alicyclic amines) is 1. The van der Waals surface area contributed by atoms with Gasteiger partial charge in [-0.2, -0.15) is 0 Å². The number of nitrogens with zero attached hydrogens (tertiary/aromatic N) is 1. The number of amides is 1. The minimum atomic E-state index is -2.75. The van der Waals surface area contributed by atoms with Crippen LogP contribution in [-0.2, 0) is 4.74 Å². The second kappa shape index (κ2) is 8.06. The van der Waals surface area contributed by atoms with Crippen molar-refractivity contribution in [3.8, 4) is 0 Å². The lowest BCUT2D eigenvalue weighted by atomic mass is 9.91. The van der Waals surface area contributed by atoms with E-state index in [0.717, 1.165) is 12.8 Å². The quantitative estimate of drug-likeness (QED) is 0.815. The van der Waals surface area contributed by atoms with E-state index in [2.05, 4.69) is 5.32 Å². The molecule has 1 heterocycles. The van der Waals surface area contributed by atoms with E-state index in [0.29, 0.717) is 13.1 Å². The molecule has 0 aliphatic carbocycles. The minimum Gasteiger partial charge on any atom is -0.444 e. The van der Waals surface area contributed by atoms with Crippen LogP contribution >= 0.6 is 0 Å². The van der Waals surface area contributed by atoms with E-state index in [1.165, 1.54) is 0 Å². The second-order valence-electron chi connectivity index (χ2n) is 6.93. The zero-order chi connectivity index (χ0) is 16.9. The van der Waals surface area contributed by atoms with Crippen molar-refractivity contribution in [3.05, 3.63) is 0 Å². The van der Waals surface area contributed by atoms with Crippen LogP contribution in [0.2, 0.25) is 0 Å². The Labute approximate surface area is 131 Å². The summed E-state index contributed by atoms with van der Waals surface area (Å²) in [7, 11) is 0. The molecule has 1 rings (SSSR count). The van der Waals surface area contributed by atoms with Crippen molar-refractivity contribution in [2.24, 2.45) is 5.92 Å². The van der Waals surface area contributed by atoms with Gasteiger partial charge >= 0.3 is 6.09 Å². The predicted molar refractivity (Wildman–Crippen MR) is 80.0 cm³/mol. The average Bonchev–Trinajstić information content (AvgIpc) is 2.42. The molecule has 0 saturated carbocycles. The first-order valence-electron chi connectivity index (χ1n) is 7.77. The van der Waals surface area contributed by atoms with Gasteiger partial charge < -0.3 is 20.1 Å². The third-order valence-electron chi connectivity index (χ3n) is 3.76. The van der Waals surface area contributed by atoms with Crippen molar-refractivity contribution >= 4 is 6.09 Å². The number of aliphatic hydroxyl groups excluding tert-OH is 1. The van der Waals surface area contributed by atoms with Crippen LogP contribution in [0, 0.1) is 5.92 Å². The Morgan fingerprint density at radius 1 is 1.45 bits per heavy atom. The summed E-state index contributed by atoms with van der Waals surface area (Å²) in [6.07, 6.45) is -2.97. The molecule has 22 heavy (non-hydrogen) atoms. The van der Waals surface area contributed by atoms with Gasteiger partial charge in [0, 0.05) is 25.7 Å². The zero-order valence-electron chi connectivity index (χ0n) is 13.8. The van der Waals surface area contributed by atoms with Crippen LogP contribution in [-0.4, -0.2) is 59.9 Å². The van der Waals surface area contributed by atoms with Crippen molar-refractivity contribution in [1.29, 1.82) is 0 Å². The molecule has 0 aromatic rings. The molecule has 2 N–H and O–H groups in total. The molecule has 1 aliphatic heterocycles. The number of alkyl halides is 2. The zero-order valence-corrected chi connectivity index (χ0v) is 13.8. The lowest BCUT2D eigenvalue weighted by molar-refractivity contribution is -0.00701. The first kappa shape index (κ1) is 19.1. The third-order valence-corrected chi connectivity index (χ3v) is 3.76. The molecule has 5 nitrogen and oxygen atoms in total. The average molecular weight is 322 g/mol. The monoisotopic (exact) mass is 322 g/mol. The van der Waals surface area contributed by atoms with Gasteiger partial charge in [-0.1, -0.05) is 0 Å². The number of nitrogens with one attached hydrogen (secondary N) is 1. The Balaban J connectivity index is 2.46. The largest absolute Gasteiger partial charge is 0.444 e. The van der Waals surface area contributed by atoms with E-state index < -0.39 is 18.1 Å². The predicted octanol–water partition coefficient (Wildman–Crippen LogP) is 2.24. The summed E-state index contributed by atoms with van der Waals surface area (Å²) < 4.78 is 29.9. The summed E-state index contributed by atoms with van der Waals surface area (Å²) in [6.45, 7) is 8.39. The summed E-state index contributed by atoms with van der Waals surface area (Å²) in [6, 6.07) is -0.0568. The van der Waals surface area contributed by atoms with E-state index in [-0.39, 0.29) is 24.6 Å². The fourth-order valence-electron chi connectivity index (χ4n) is 2.47. The Kier molecular flexibility index (Phi) is 6.99. The normalized spacial score (nSPS) is 22.5. The van der Waals surface area contributed by atoms with Crippen LogP contribution in [0.1, 0.15) is 40.5 Å². The number of rotatable bonds is 5. The lowest BCUT2D eigenvalue weighted by Gasteiger charge is -2.37. The summed E-state index contributed by atoms with van der Waals surface area (Å²) >= 11 is 0. The standard InChI is InChI=1S/C15H28F2N2O3/c1-10(18-8-12(20)13(16)17)11-6-5-7-19(9-11)14(21)22-15(2,3)4/h10-13,18,20H,5-9H2,1-4H3. The smallest absolute Gasteiger partial charge is 0.410 e.